The van der Waals surface area contributed by atoms with Gasteiger partial charge in [-0.15, -0.1) is 11.3 Å². The van der Waals surface area contributed by atoms with Gasteiger partial charge in [0.25, 0.3) is 0 Å². The van der Waals surface area contributed by atoms with E-state index in [0.29, 0.717) is 12.1 Å². The van der Waals surface area contributed by atoms with E-state index in [2.05, 4.69) is 15.3 Å². The summed E-state index contributed by atoms with van der Waals surface area (Å²) in [6, 6.07) is 8.40. The zero-order valence-corrected chi connectivity index (χ0v) is 13.8. The minimum atomic E-state index is -0.277. The average molecular weight is 342 g/mol. The van der Waals surface area contributed by atoms with Crippen LogP contribution in [0.2, 0.25) is 0 Å². The Morgan fingerprint density at radius 3 is 3.04 bits per heavy atom. The molecule has 0 aliphatic carbocycles. The second kappa shape index (κ2) is 6.09. The lowest BCUT2D eigenvalue weighted by atomic mass is 10.3. The Hall–Kier alpha value is -2.67. The van der Waals surface area contributed by atoms with Crippen molar-refractivity contribution in [2.45, 2.75) is 20.0 Å². The number of rotatable bonds is 5. The number of fused-ring (bicyclic) bond motifs is 1. The number of thiazole rings is 1. The van der Waals surface area contributed by atoms with Gasteiger partial charge in [-0.05, 0) is 31.2 Å². The van der Waals surface area contributed by atoms with Crippen LogP contribution in [0.1, 0.15) is 11.8 Å². The van der Waals surface area contributed by atoms with Crippen LogP contribution < -0.4 is 5.32 Å². The minimum absolute atomic E-state index is 0.277. The third-order valence-electron chi connectivity index (χ3n) is 3.73. The van der Waals surface area contributed by atoms with Crippen molar-refractivity contribution in [3.8, 4) is 10.8 Å². The van der Waals surface area contributed by atoms with E-state index in [4.69, 9.17) is 4.42 Å². The maximum absolute atomic E-state index is 13.4. The summed E-state index contributed by atoms with van der Waals surface area (Å²) in [6.07, 6.45) is 3.46. The minimum Gasteiger partial charge on any atom is -0.462 e. The zero-order chi connectivity index (χ0) is 16.5. The summed E-state index contributed by atoms with van der Waals surface area (Å²) in [5.41, 5.74) is 1.57. The topological polar surface area (TPSA) is 55.9 Å². The number of nitrogens with zero attached hydrogens (tertiary/aromatic N) is 3. The van der Waals surface area contributed by atoms with E-state index in [1.54, 1.807) is 23.7 Å². The van der Waals surface area contributed by atoms with Gasteiger partial charge >= 0.3 is 0 Å². The Bertz CT molecular complexity index is 974. The van der Waals surface area contributed by atoms with Crippen molar-refractivity contribution in [1.82, 2.24) is 14.5 Å². The molecule has 0 radical (unpaired) electrons. The second-order valence-electron chi connectivity index (χ2n) is 5.28. The molecular weight excluding hydrogens is 327 g/mol. The fourth-order valence-electron chi connectivity index (χ4n) is 2.63. The number of benzene rings is 1. The molecule has 24 heavy (non-hydrogen) atoms. The number of nitrogens with one attached hydrogen (secondary N) is 1. The molecule has 0 aliphatic heterocycles. The Labute approximate surface area is 141 Å². The highest BCUT2D eigenvalue weighted by molar-refractivity contribution is 7.14. The van der Waals surface area contributed by atoms with Crippen molar-refractivity contribution in [3.63, 3.8) is 0 Å². The molecule has 0 atom stereocenters. The van der Waals surface area contributed by atoms with Crippen molar-refractivity contribution >= 4 is 28.3 Å². The number of aryl methyl sites for hydroxylation is 1. The molecule has 0 bridgehead atoms. The smallest absolute Gasteiger partial charge is 0.204 e. The summed E-state index contributed by atoms with van der Waals surface area (Å²) in [4.78, 5) is 9.94. The zero-order valence-electron chi connectivity index (χ0n) is 13.0. The number of halogens is 1. The standard InChI is InChI=1S/C17H15FN4OS/c1-2-22-14-6-5-11(18)8-13(14)21-17(22)20-10-12-9-19-16(24-12)15-4-3-7-23-15/h3-9H,2,10H2,1H3,(H,20,21). The molecule has 7 heteroatoms. The summed E-state index contributed by atoms with van der Waals surface area (Å²) >= 11 is 1.57. The summed E-state index contributed by atoms with van der Waals surface area (Å²) < 4.78 is 20.8. The summed E-state index contributed by atoms with van der Waals surface area (Å²) in [7, 11) is 0. The van der Waals surface area contributed by atoms with E-state index < -0.39 is 0 Å². The third-order valence-corrected chi connectivity index (χ3v) is 4.74. The highest BCUT2D eigenvalue weighted by atomic mass is 32.1. The van der Waals surface area contributed by atoms with Crippen LogP contribution in [0, 0.1) is 5.82 Å². The fraction of sp³-hybridized carbons (Fsp3) is 0.176. The SMILES string of the molecule is CCn1c(NCc2cnc(-c3ccco3)s2)nc2cc(F)ccc21. The molecule has 0 fully saturated rings. The lowest BCUT2D eigenvalue weighted by molar-refractivity contribution is 0.582. The van der Waals surface area contributed by atoms with Crippen molar-refractivity contribution in [2.24, 2.45) is 0 Å². The highest BCUT2D eigenvalue weighted by Gasteiger charge is 2.11. The van der Waals surface area contributed by atoms with Gasteiger partial charge in [-0.3, -0.25) is 0 Å². The van der Waals surface area contributed by atoms with Crippen molar-refractivity contribution in [2.75, 3.05) is 5.32 Å². The number of aromatic nitrogens is 3. The molecule has 3 aromatic heterocycles. The molecule has 0 unspecified atom stereocenters. The van der Waals surface area contributed by atoms with Gasteiger partial charge < -0.3 is 14.3 Å². The molecule has 1 aromatic carbocycles. The maximum atomic E-state index is 13.4. The lowest BCUT2D eigenvalue weighted by Crippen LogP contribution is -2.05. The van der Waals surface area contributed by atoms with Crippen molar-refractivity contribution in [1.29, 1.82) is 0 Å². The van der Waals surface area contributed by atoms with E-state index >= 15 is 0 Å². The third kappa shape index (κ3) is 2.67. The van der Waals surface area contributed by atoms with Gasteiger partial charge in [0.2, 0.25) is 5.95 Å². The Kier molecular flexibility index (Phi) is 3.78. The maximum Gasteiger partial charge on any atom is 0.204 e. The molecule has 3 heterocycles. The molecule has 1 N–H and O–H groups in total. The monoisotopic (exact) mass is 342 g/mol. The second-order valence-corrected chi connectivity index (χ2v) is 6.39. The predicted molar refractivity (Wildman–Crippen MR) is 92.5 cm³/mol. The molecule has 4 aromatic rings. The molecule has 0 spiro atoms. The van der Waals surface area contributed by atoms with Crippen LogP contribution in [-0.4, -0.2) is 14.5 Å². The normalized spacial score (nSPS) is 11.2. The molecular formula is C17H15FN4OS. The van der Waals surface area contributed by atoms with Gasteiger partial charge in [0.15, 0.2) is 10.8 Å². The largest absolute Gasteiger partial charge is 0.462 e. The van der Waals surface area contributed by atoms with E-state index in [9.17, 15) is 4.39 Å². The van der Waals surface area contributed by atoms with Gasteiger partial charge in [-0.2, -0.15) is 0 Å². The van der Waals surface area contributed by atoms with Crippen LogP contribution in [-0.2, 0) is 13.1 Å². The Balaban J connectivity index is 1.56. The van der Waals surface area contributed by atoms with Crippen LogP contribution in [0.15, 0.2) is 47.2 Å². The van der Waals surface area contributed by atoms with E-state index in [-0.39, 0.29) is 5.82 Å². The van der Waals surface area contributed by atoms with Crippen LogP contribution >= 0.6 is 11.3 Å². The highest BCUT2D eigenvalue weighted by Crippen LogP contribution is 2.26. The average Bonchev–Trinajstić information content (AvgIpc) is 3.30. The van der Waals surface area contributed by atoms with Crippen LogP contribution in [0.4, 0.5) is 10.3 Å². The first-order valence-corrected chi connectivity index (χ1v) is 8.44. The van der Waals surface area contributed by atoms with Gasteiger partial charge in [-0.1, -0.05) is 0 Å². The number of furan rings is 1. The first-order chi connectivity index (χ1) is 11.7. The van der Waals surface area contributed by atoms with E-state index in [0.717, 1.165) is 33.7 Å². The molecule has 5 nitrogen and oxygen atoms in total. The lowest BCUT2D eigenvalue weighted by Gasteiger charge is -2.07. The Morgan fingerprint density at radius 2 is 2.25 bits per heavy atom. The number of hydrogen-bond donors (Lipinski definition) is 1. The molecule has 0 amide bonds. The first-order valence-electron chi connectivity index (χ1n) is 7.63. The van der Waals surface area contributed by atoms with Crippen LogP contribution in [0.25, 0.3) is 21.8 Å². The molecule has 0 saturated heterocycles. The molecule has 122 valence electrons. The summed E-state index contributed by atoms with van der Waals surface area (Å²) in [5, 5.41) is 4.17. The van der Waals surface area contributed by atoms with Crippen molar-refractivity contribution in [3.05, 3.63) is 53.5 Å². The summed E-state index contributed by atoms with van der Waals surface area (Å²) in [5.74, 6) is 1.22. The number of imidazole rings is 1. The van der Waals surface area contributed by atoms with Gasteiger partial charge in [0, 0.05) is 23.7 Å². The van der Waals surface area contributed by atoms with Crippen LogP contribution in [0.3, 0.4) is 0 Å². The molecule has 4 rings (SSSR count). The fourth-order valence-corrected chi connectivity index (χ4v) is 3.45. The van der Waals surface area contributed by atoms with Crippen molar-refractivity contribution < 1.29 is 8.81 Å². The summed E-state index contributed by atoms with van der Waals surface area (Å²) in [6.45, 7) is 3.40. The van der Waals surface area contributed by atoms with Gasteiger partial charge in [-0.25, -0.2) is 14.4 Å². The predicted octanol–water partition coefficient (Wildman–Crippen LogP) is 4.52. The quantitative estimate of drug-likeness (QED) is 0.579. The van der Waals surface area contributed by atoms with E-state index in [1.165, 1.54) is 12.1 Å². The number of hydrogen-bond acceptors (Lipinski definition) is 5. The first kappa shape index (κ1) is 14.9. The molecule has 0 saturated carbocycles. The van der Waals surface area contributed by atoms with Gasteiger partial charge in [0.05, 0.1) is 23.8 Å². The number of anilines is 1. The van der Waals surface area contributed by atoms with E-state index in [1.807, 2.05) is 29.8 Å². The van der Waals surface area contributed by atoms with Gasteiger partial charge in [0.1, 0.15) is 5.82 Å². The van der Waals surface area contributed by atoms with Crippen LogP contribution in [0.5, 0.6) is 0 Å². The Morgan fingerprint density at radius 1 is 1.33 bits per heavy atom. The molecule has 0 aliphatic rings.